The molecule has 5 nitrogen and oxygen atoms in total. The Morgan fingerprint density at radius 3 is 3.00 bits per heavy atom. The summed E-state index contributed by atoms with van der Waals surface area (Å²) in [5.41, 5.74) is 7.46. The zero-order valence-electron chi connectivity index (χ0n) is 11.2. The van der Waals surface area contributed by atoms with Crippen LogP contribution in [0.15, 0.2) is 29.4 Å². The van der Waals surface area contributed by atoms with Gasteiger partial charge in [-0.3, -0.25) is 0 Å². The van der Waals surface area contributed by atoms with Crippen LogP contribution in [0.2, 0.25) is 0 Å². The molecule has 5 heteroatoms. The molecule has 4 N–H and O–H groups in total. The van der Waals surface area contributed by atoms with E-state index in [1.807, 2.05) is 24.3 Å². The topological polar surface area (TPSA) is 79.9 Å². The lowest BCUT2D eigenvalue weighted by atomic mass is 9.94. The Hall–Kier alpha value is -1.59. The number of oxime groups is 1. The lowest BCUT2D eigenvalue weighted by molar-refractivity contribution is 0.0278. The third-order valence-electron chi connectivity index (χ3n) is 3.54. The standard InChI is InChI=1S/C14H21N3O2/c1-14(7-4-8-19-10-14)16-9-11-5-2-3-6-12(11)13(15)17-18/h2-3,5-6,16,18H,4,7-10H2,1H3,(H2,15,17). The summed E-state index contributed by atoms with van der Waals surface area (Å²) in [7, 11) is 0. The summed E-state index contributed by atoms with van der Waals surface area (Å²) in [6.07, 6.45) is 2.17. The molecule has 104 valence electrons. The summed E-state index contributed by atoms with van der Waals surface area (Å²) >= 11 is 0. The molecule has 1 saturated heterocycles. The molecule has 0 radical (unpaired) electrons. The Kier molecular flexibility index (Phi) is 4.39. The molecular weight excluding hydrogens is 242 g/mol. The van der Waals surface area contributed by atoms with Gasteiger partial charge in [0.2, 0.25) is 0 Å². The normalized spacial score (nSPS) is 24.4. The van der Waals surface area contributed by atoms with Crippen molar-refractivity contribution in [2.45, 2.75) is 31.8 Å². The molecular formula is C14H21N3O2. The van der Waals surface area contributed by atoms with E-state index >= 15 is 0 Å². The van der Waals surface area contributed by atoms with Crippen molar-refractivity contribution in [3.8, 4) is 0 Å². The molecule has 0 saturated carbocycles. The van der Waals surface area contributed by atoms with Crippen molar-refractivity contribution in [1.82, 2.24) is 5.32 Å². The van der Waals surface area contributed by atoms with Gasteiger partial charge in [0.1, 0.15) is 0 Å². The number of hydrogen-bond acceptors (Lipinski definition) is 4. The van der Waals surface area contributed by atoms with Gasteiger partial charge < -0.3 is 21.0 Å². The Morgan fingerprint density at radius 1 is 1.53 bits per heavy atom. The third-order valence-corrected chi connectivity index (χ3v) is 3.54. The van der Waals surface area contributed by atoms with Crippen molar-refractivity contribution in [2.24, 2.45) is 10.9 Å². The highest BCUT2D eigenvalue weighted by Gasteiger charge is 2.26. The first-order valence-electron chi connectivity index (χ1n) is 6.53. The molecule has 0 spiro atoms. The number of ether oxygens (including phenoxy) is 1. The second-order valence-corrected chi connectivity index (χ2v) is 5.21. The Bertz CT molecular complexity index is 454. The molecule has 2 rings (SSSR count). The van der Waals surface area contributed by atoms with Crippen LogP contribution in [0, 0.1) is 0 Å². The fourth-order valence-electron chi connectivity index (χ4n) is 2.36. The van der Waals surface area contributed by atoms with Gasteiger partial charge in [-0.25, -0.2) is 0 Å². The van der Waals surface area contributed by atoms with Crippen LogP contribution in [0.25, 0.3) is 0 Å². The van der Waals surface area contributed by atoms with Gasteiger partial charge in [0.15, 0.2) is 5.84 Å². The van der Waals surface area contributed by atoms with Crippen molar-refractivity contribution in [2.75, 3.05) is 13.2 Å². The van der Waals surface area contributed by atoms with E-state index in [1.54, 1.807) is 0 Å². The van der Waals surface area contributed by atoms with Crippen LogP contribution in [0.3, 0.4) is 0 Å². The Labute approximate surface area is 113 Å². The van der Waals surface area contributed by atoms with Crippen LogP contribution >= 0.6 is 0 Å². The number of rotatable bonds is 4. The maximum Gasteiger partial charge on any atom is 0.170 e. The molecule has 1 aromatic rings. The molecule has 1 unspecified atom stereocenters. The smallest absolute Gasteiger partial charge is 0.170 e. The first-order valence-corrected chi connectivity index (χ1v) is 6.53. The molecule has 19 heavy (non-hydrogen) atoms. The molecule has 1 aliphatic heterocycles. The quantitative estimate of drug-likeness (QED) is 0.332. The van der Waals surface area contributed by atoms with Crippen LogP contribution in [-0.4, -0.2) is 29.8 Å². The van der Waals surface area contributed by atoms with Gasteiger partial charge in [-0.1, -0.05) is 29.4 Å². The van der Waals surface area contributed by atoms with Crippen LogP contribution < -0.4 is 11.1 Å². The van der Waals surface area contributed by atoms with Gasteiger partial charge >= 0.3 is 0 Å². The second kappa shape index (κ2) is 6.04. The molecule has 0 bridgehead atoms. The van der Waals surface area contributed by atoms with Gasteiger partial charge in [-0.2, -0.15) is 0 Å². The van der Waals surface area contributed by atoms with E-state index in [0.29, 0.717) is 6.54 Å². The number of nitrogens with two attached hydrogens (primary N) is 1. The van der Waals surface area contributed by atoms with Gasteiger partial charge in [0.05, 0.1) is 6.61 Å². The van der Waals surface area contributed by atoms with Crippen molar-refractivity contribution in [3.63, 3.8) is 0 Å². The van der Waals surface area contributed by atoms with E-state index in [1.165, 1.54) is 0 Å². The average Bonchev–Trinajstić information content (AvgIpc) is 2.45. The summed E-state index contributed by atoms with van der Waals surface area (Å²) in [6.45, 7) is 4.40. The molecule has 1 heterocycles. The van der Waals surface area contributed by atoms with E-state index in [4.69, 9.17) is 15.7 Å². The van der Waals surface area contributed by atoms with Gasteiger partial charge in [-0.15, -0.1) is 0 Å². The minimum absolute atomic E-state index is 0.00349. The number of nitrogens with one attached hydrogen (secondary N) is 1. The highest BCUT2D eigenvalue weighted by molar-refractivity contribution is 5.98. The van der Waals surface area contributed by atoms with E-state index in [2.05, 4.69) is 17.4 Å². The average molecular weight is 263 g/mol. The first-order chi connectivity index (χ1) is 9.14. The largest absolute Gasteiger partial charge is 0.409 e. The predicted octanol–water partition coefficient (Wildman–Crippen LogP) is 1.44. The van der Waals surface area contributed by atoms with Gasteiger partial charge in [0.25, 0.3) is 0 Å². The maximum absolute atomic E-state index is 8.80. The summed E-state index contributed by atoms with van der Waals surface area (Å²) in [6, 6.07) is 7.66. The number of nitrogens with zero attached hydrogens (tertiary/aromatic N) is 1. The van der Waals surface area contributed by atoms with E-state index < -0.39 is 0 Å². The fraction of sp³-hybridized carbons (Fsp3) is 0.500. The lowest BCUT2D eigenvalue weighted by Gasteiger charge is -2.34. The molecule has 0 amide bonds. The zero-order valence-corrected chi connectivity index (χ0v) is 11.2. The summed E-state index contributed by atoms with van der Waals surface area (Å²) < 4.78 is 5.52. The molecule has 1 aliphatic rings. The molecule has 0 aromatic heterocycles. The molecule has 0 aliphatic carbocycles. The molecule has 1 fully saturated rings. The molecule has 1 atom stereocenters. The number of hydrogen-bond donors (Lipinski definition) is 3. The van der Waals surface area contributed by atoms with Crippen LogP contribution in [0.5, 0.6) is 0 Å². The van der Waals surface area contributed by atoms with Crippen LogP contribution in [-0.2, 0) is 11.3 Å². The maximum atomic E-state index is 8.80. The highest BCUT2D eigenvalue weighted by Crippen LogP contribution is 2.19. The lowest BCUT2D eigenvalue weighted by Crippen LogP contribution is -2.48. The van der Waals surface area contributed by atoms with Crippen molar-refractivity contribution in [3.05, 3.63) is 35.4 Å². The SMILES string of the molecule is CC1(NCc2ccccc2/C(N)=N/O)CCCOC1. The van der Waals surface area contributed by atoms with E-state index in [0.717, 1.165) is 37.2 Å². The third kappa shape index (κ3) is 3.45. The summed E-state index contributed by atoms with van der Waals surface area (Å²) in [5, 5.41) is 15.4. The minimum Gasteiger partial charge on any atom is -0.409 e. The van der Waals surface area contributed by atoms with E-state index in [-0.39, 0.29) is 11.4 Å². The van der Waals surface area contributed by atoms with E-state index in [9.17, 15) is 0 Å². The first kappa shape index (κ1) is 13.8. The summed E-state index contributed by atoms with van der Waals surface area (Å²) in [4.78, 5) is 0. The fourth-order valence-corrected chi connectivity index (χ4v) is 2.36. The van der Waals surface area contributed by atoms with Crippen molar-refractivity contribution < 1.29 is 9.94 Å². The number of amidine groups is 1. The number of benzene rings is 1. The van der Waals surface area contributed by atoms with Crippen LogP contribution in [0.4, 0.5) is 0 Å². The van der Waals surface area contributed by atoms with Crippen LogP contribution in [0.1, 0.15) is 30.9 Å². The summed E-state index contributed by atoms with van der Waals surface area (Å²) in [5.74, 6) is 0.141. The second-order valence-electron chi connectivity index (χ2n) is 5.21. The Balaban J connectivity index is 2.07. The Morgan fingerprint density at radius 2 is 2.32 bits per heavy atom. The molecule has 1 aromatic carbocycles. The van der Waals surface area contributed by atoms with Gasteiger partial charge in [-0.05, 0) is 25.3 Å². The minimum atomic E-state index is -0.00349. The van der Waals surface area contributed by atoms with Gasteiger partial charge in [0, 0.05) is 24.3 Å². The monoisotopic (exact) mass is 263 g/mol. The van der Waals surface area contributed by atoms with Crippen molar-refractivity contribution in [1.29, 1.82) is 0 Å². The highest BCUT2D eigenvalue weighted by atomic mass is 16.5. The predicted molar refractivity (Wildman–Crippen MR) is 74.3 cm³/mol. The van der Waals surface area contributed by atoms with Crippen molar-refractivity contribution >= 4 is 5.84 Å². The zero-order chi connectivity index (χ0) is 13.7.